The largest absolute Gasteiger partial charge is 0.480 e. The monoisotopic (exact) mass is 257 g/mol. The number of urea groups is 1. The third-order valence-corrected chi connectivity index (χ3v) is 2.62. The molecule has 0 atom stereocenters. The minimum atomic E-state index is -1.36. The van der Waals surface area contributed by atoms with E-state index in [9.17, 15) is 14.4 Å². The van der Waals surface area contributed by atoms with Gasteiger partial charge in [0.25, 0.3) is 0 Å². The Bertz CT molecular complexity index is 363. The fourth-order valence-electron chi connectivity index (χ4n) is 1.20. The van der Waals surface area contributed by atoms with Crippen LogP contribution in [-0.2, 0) is 9.59 Å². The predicted molar refractivity (Wildman–Crippen MR) is 64.0 cm³/mol. The van der Waals surface area contributed by atoms with Gasteiger partial charge in [-0.05, 0) is 26.7 Å². The van der Waals surface area contributed by atoms with E-state index in [0.29, 0.717) is 0 Å². The minimum Gasteiger partial charge on any atom is -0.480 e. The molecule has 1 fully saturated rings. The van der Waals surface area contributed by atoms with E-state index in [1.807, 2.05) is 0 Å². The van der Waals surface area contributed by atoms with E-state index in [0.717, 1.165) is 17.7 Å². The molecule has 1 aliphatic carbocycles. The van der Waals surface area contributed by atoms with Gasteiger partial charge in [0.15, 0.2) is 0 Å². The lowest BCUT2D eigenvalue weighted by Gasteiger charge is -2.25. The second kappa shape index (κ2) is 5.24. The predicted octanol–water partition coefficient (Wildman–Crippen LogP) is -0.230. The van der Waals surface area contributed by atoms with Crippen LogP contribution in [0.5, 0.6) is 0 Å². The second-order valence-corrected chi connectivity index (χ2v) is 5.06. The summed E-state index contributed by atoms with van der Waals surface area (Å²) in [5.41, 5.74) is -1.36. The fourth-order valence-corrected chi connectivity index (χ4v) is 1.20. The van der Waals surface area contributed by atoms with E-state index in [-0.39, 0.29) is 18.5 Å². The molecule has 1 rings (SSSR count). The van der Waals surface area contributed by atoms with Crippen LogP contribution in [0.25, 0.3) is 0 Å². The molecule has 3 amide bonds. The Morgan fingerprint density at radius 2 is 1.89 bits per heavy atom. The third-order valence-electron chi connectivity index (χ3n) is 2.62. The van der Waals surface area contributed by atoms with Crippen LogP contribution < -0.4 is 10.6 Å². The maximum absolute atomic E-state index is 11.7. The molecule has 0 aromatic rings. The van der Waals surface area contributed by atoms with Crippen LogP contribution in [0.2, 0.25) is 0 Å². The third kappa shape index (κ3) is 4.23. The maximum atomic E-state index is 11.7. The first-order valence-corrected chi connectivity index (χ1v) is 5.78. The van der Waals surface area contributed by atoms with Crippen LogP contribution in [0.15, 0.2) is 0 Å². The maximum Gasteiger partial charge on any atom is 0.328 e. The molecular weight excluding hydrogens is 238 g/mol. The summed E-state index contributed by atoms with van der Waals surface area (Å²) >= 11 is 0. The molecule has 7 heteroatoms. The van der Waals surface area contributed by atoms with Gasteiger partial charge in [0.1, 0.15) is 12.1 Å². The summed E-state index contributed by atoms with van der Waals surface area (Å²) in [6.07, 6.45) is 1.96. The van der Waals surface area contributed by atoms with Gasteiger partial charge < -0.3 is 20.6 Å². The van der Waals surface area contributed by atoms with E-state index >= 15 is 0 Å². The van der Waals surface area contributed by atoms with Crippen LogP contribution in [0.3, 0.4) is 0 Å². The number of rotatable bonds is 5. The normalized spacial score (nSPS) is 14.8. The number of likely N-dealkylation sites (N-methyl/N-ethyl adjacent to an activating group) is 1. The van der Waals surface area contributed by atoms with Crippen LogP contribution >= 0.6 is 0 Å². The van der Waals surface area contributed by atoms with Crippen molar-refractivity contribution >= 4 is 17.9 Å². The lowest BCUT2D eigenvalue weighted by molar-refractivity contribution is -0.143. The molecule has 0 unspecified atom stereocenters. The van der Waals surface area contributed by atoms with Crippen molar-refractivity contribution < 1.29 is 19.5 Å². The first-order valence-electron chi connectivity index (χ1n) is 5.78. The summed E-state index contributed by atoms with van der Waals surface area (Å²) in [6, 6.07) is -0.349. The number of carbonyl (C=O) groups excluding carboxylic acids is 2. The summed E-state index contributed by atoms with van der Waals surface area (Å²) in [5, 5.41) is 14.0. The number of carbonyl (C=O) groups is 3. The van der Waals surface area contributed by atoms with Crippen molar-refractivity contribution in [2.24, 2.45) is 0 Å². The van der Waals surface area contributed by atoms with Crippen molar-refractivity contribution in [3.05, 3.63) is 0 Å². The molecule has 0 heterocycles. The van der Waals surface area contributed by atoms with Gasteiger partial charge in [0.2, 0.25) is 5.91 Å². The van der Waals surface area contributed by atoms with Gasteiger partial charge in [-0.2, -0.15) is 0 Å². The van der Waals surface area contributed by atoms with Crippen molar-refractivity contribution in [2.75, 3.05) is 13.6 Å². The highest BCUT2D eigenvalue weighted by atomic mass is 16.4. The Morgan fingerprint density at radius 1 is 1.33 bits per heavy atom. The molecule has 0 saturated heterocycles. The summed E-state index contributed by atoms with van der Waals surface area (Å²) < 4.78 is 0. The summed E-state index contributed by atoms with van der Waals surface area (Å²) in [6.45, 7) is 2.68. The Labute approximate surface area is 106 Å². The number of nitrogens with zero attached hydrogens (tertiary/aromatic N) is 1. The number of carboxylic acid groups (broad SMARTS) is 1. The molecular formula is C11H19N3O4. The Kier molecular flexibility index (Phi) is 4.15. The van der Waals surface area contributed by atoms with Gasteiger partial charge in [-0.3, -0.25) is 4.79 Å². The fraction of sp³-hybridized carbons (Fsp3) is 0.727. The van der Waals surface area contributed by atoms with Crippen LogP contribution in [-0.4, -0.2) is 53.1 Å². The van der Waals surface area contributed by atoms with Crippen LogP contribution in [0.4, 0.5) is 4.79 Å². The minimum absolute atomic E-state index is 0.0853. The number of amides is 3. The van der Waals surface area contributed by atoms with Crippen LogP contribution in [0.1, 0.15) is 26.7 Å². The zero-order valence-electron chi connectivity index (χ0n) is 10.8. The highest BCUT2D eigenvalue weighted by molar-refractivity contribution is 5.88. The lowest BCUT2D eigenvalue weighted by Crippen LogP contribution is -2.54. The molecule has 0 spiro atoms. The summed E-state index contributed by atoms with van der Waals surface area (Å²) in [7, 11) is 1.44. The average Bonchev–Trinajstić information content (AvgIpc) is 3.00. The molecule has 7 nitrogen and oxygen atoms in total. The Hall–Kier alpha value is -1.79. The highest BCUT2D eigenvalue weighted by Crippen LogP contribution is 2.18. The number of hydrogen-bond donors (Lipinski definition) is 3. The summed E-state index contributed by atoms with van der Waals surface area (Å²) in [4.78, 5) is 35.1. The molecule has 0 aromatic carbocycles. The van der Waals surface area contributed by atoms with Gasteiger partial charge in [-0.25, -0.2) is 9.59 Å². The van der Waals surface area contributed by atoms with E-state index in [2.05, 4.69) is 10.6 Å². The molecule has 18 heavy (non-hydrogen) atoms. The SMILES string of the molecule is CN(CC(=O)NC1CC1)C(=O)NC(C)(C)C(=O)O. The quantitative estimate of drug-likeness (QED) is 0.633. The topological polar surface area (TPSA) is 98.7 Å². The molecule has 0 aliphatic heterocycles. The first kappa shape index (κ1) is 14.3. The van der Waals surface area contributed by atoms with Crippen molar-refractivity contribution in [1.29, 1.82) is 0 Å². The zero-order valence-corrected chi connectivity index (χ0v) is 10.8. The van der Waals surface area contributed by atoms with Crippen LogP contribution in [0, 0.1) is 0 Å². The molecule has 0 bridgehead atoms. The van der Waals surface area contributed by atoms with Gasteiger partial charge in [-0.1, -0.05) is 0 Å². The molecule has 1 saturated carbocycles. The van der Waals surface area contributed by atoms with Gasteiger partial charge in [0.05, 0.1) is 0 Å². The summed E-state index contributed by atoms with van der Waals surface area (Å²) in [5.74, 6) is -1.37. The highest BCUT2D eigenvalue weighted by Gasteiger charge is 2.31. The van der Waals surface area contributed by atoms with Crippen molar-refractivity contribution in [2.45, 2.75) is 38.3 Å². The lowest BCUT2D eigenvalue weighted by atomic mass is 10.1. The van der Waals surface area contributed by atoms with Crippen molar-refractivity contribution in [3.63, 3.8) is 0 Å². The smallest absolute Gasteiger partial charge is 0.328 e. The van der Waals surface area contributed by atoms with Gasteiger partial charge in [0, 0.05) is 13.1 Å². The second-order valence-electron chi connectivity index (χ2n) is 5.06. The van der Waals surface area contributed by atoms with E-state index in [1.54, 1.807) is 0 Å². The molecule has 0 radical (unpaired) electrons. The molecule has 1 aliphatic rings. The Balaban J connectivity index is 2.40. The number of carboxylic acids is 1. The standard InChI is InChI=1S/C11H19N3O4/c1-11(2,9(16)17)13-10(18)14(3)6-8(15)12-7-4-5-7/h7H,4-6H2,1-3H3,(H,12,15)(H,13,18)(H,16,17). The number of aliphatic carboxylic acids is 1. The molecule has 0 aromatic heterocycles. The first-order chi connectivity index (χ1) is 8.22. The number of nitrogens with one attached hydrogen (secondary N) is 2. The van der Waals surface area contributed by atoms with Crippen molar-refractivity contribution in [1.82, 2.24) is 15.5 Å². The molecule has 3 N–H and O–H groups in total. The van der Waals surface area contributed by atoms with E-state index in [1.165, 1.54) is 20.9 Å². The van der Waals surface area contributed by atoms with E-state index in [4.69, 9.17) is 5.11 Å². The average molecular weight is 257 g/mol. The Morgan fingerprint density at radius 3 is 2.33 bits per heavy atom. The number of hydrogen-bond acceptors (Lipinski definition) is 3. The van der Waals surface area contributed by atoms with Crippen molar-refractivity contribution in [3.8, 4) is 0 Å². The zero-order chi connectivity index (χ0) is 13.9. The van der Waals surface area contributed by atoms with Gasteiger partial charge in [-0.15, -0.1) is 0 Å². The van der Waals surface area contributed by atoms with E-state index < -0.39 is 17.5 Å². The van der Waals surface area contributed by atoms with Gasteiger partial charge >= 0.3 is 12.0 Å². The molecule has 102 valence electrons.